The fourth-order valence-electron chi connectivity index (χ4n) is 1.31. The van der Waals surface area contributed by atoms with E-state index in [-0.39, 0.29) is 0 Å². The Morgan fingerprint density at radius 2 is 1.00 bits per heavy atom. The zero-order chi connectivity index (χ0) is 12.3. The summed E-state index contributed by atoms with van der Waals surface area (Å²) in [6, 6.07) is 0. The van der Waals surface area contributed by atoms with Gasteiger partial charge in [0.05, 0.1) is 38.3 Å². The highest BCUT2D eigenvalue weighted by molar-refractivity contribution is 7.84. The number of quaternary nitrogens is 2. The standard InChI is InChI=1S/C8H20N2.CH4O3S/c1-9(2)5-7-10(3,4)8-6-9;1-5(2,3)4/h5-8H2,1-4H3;1H3,(H,2,3,4)/q+2;/p-1. The van der Waals surface area contributed by atoms with E-state index in [0.717, 1.165) is 0 Å². The molecular weight excluding hydrogens is 216 g/mol. The lowest BCUT2D eigenvalue weighted by Crippen LogP contribution is -2.60. The molecule has 1 rings (SSSR count). The van der Waals surface area contributed by atoms with Crippen LogP contribution in [-0.2, 0) is 10.1 Å². The van der Waals surface area contributed by atoms with Crippen molar-refractivity contribution in [2.75, 3.05) is 60.6 Å². The van der Waals surface area contributed by atoms with E-state index < -0.39 is 10.1 Å². The van der Waals surface area contributed by atoms with Gasteiger partial charge in [0.1, 0.15) is 26.2 Å². The maximum Gasteiger partial charge on any atom is 0.128 e. The summed E-state index contributed by atoms with van der Waals surface area (Å²) < 4.78 is 29.6. The van der Waals surface area contributed by atoms with Crippen LogP contribution in [0, 0.1) is 0 Å². The van der Waals surface area contributed by atoms with Crippen molar-refractivity contribution in [2.45, 2.75) is 0 Å². The number of piperazine rings is 1. The van der Waals surface area contributed by atoms with Crippen LogP contribution in [0.5, 0.6) is 0 Å². The first kappa shape index (κ1) is 14.8. The molecule has 1 heterocycles. The summed E-state index contributed by atoms with van der Waals surface area (Å²) in [5.41, 5.74) is 0. The Kier molecular flexibility index (Phi) is 4.72. The van der Waals surface area contributed by atoms with Gasteiger partial charge in [-0.25, -0.2) is 8.42 Å². The van der Waals surface area contributed by atoms with Crippen LogP contribution in [0.1, 0.15) is 0 Å². The van der Waals surface area contributed by atoms with Gasteiger partial charge in [0, 0.05) is 6.26 Å². The number of likely N-dealkylation sites (N-methyl/N-ethyl adjacent to an activating group) is 2. The summed E-state index contributed by atoms with van der Waals surface area (Å²) in [5, 5.41) is 0. The van der Waals surface area contributed by atoms with Crippen molar-refractivity contribution < 1.29 is 21.9 Å². The monoisotopic (exact) mass is 239 g/mol. The van der Waals surface area contributed by atoms with E-state index in [4.69, 9.17) is 13.0 Å². The van der Waals surface area contributed by atoms with Crippen LogP contribution in [-0.4, -0.2) is 82.6 Å². The minimum Gasteiger partial charge on any atom is -0.748 e. The van der Waals surface area contributed by atoms with Gasteiger partial charge in [-0.3, -0.25) is 0 Å². The predicted molar refractivity (Wildman–Crippen MR) is 59.3 cm³/mol. The Bertz CT molecular complexity index is 260. The summed E-state index contributed by atoms with van der Waals surface area (Å²) in [6.45, 7) is 5.31. The number of rotatable bonds is 0. The second-order valence-electron chi connectivity index (χ2n) is 5.47. The lowest BCUT2D eigenvalue weighted by atomic mass is 10.2. The molecule has 6 heteroatoms. The van der Waals surface area contributed by atoms with Crippen LogP contribution in [0.2, 0.25) is 0 Å². The third-order valence-corrected chi connectivity index (χ3v) is 2.62. The summed E-state index contributed by atoms with van der Waals surface area (Å²) in [7, 11) is 5.36. The van der Waals surface area contributed by atoms with E-state index in [1.54, 1.807) is 0 Å². The highest BCUT2D eigenvalue weighted by Gasteiger charge is 2.30. The van der Waals surface area contributed by atoms with Crippen molar-refractivity contribution in [3.8, 4) is 0 Å². The SMILES string of the molecule is CS(=O)(=O)[O-].C[N+]1(C)CC[N+](C)(C)CC1. The summed E-state index contributed by atoms with van der Waals surface area (Å²) >= 11 is 0. The molecule has 0 bridgehead atoms. The molecule has 0 saturated carbocycles. The largest absolute Gasteiger partial charge is 0.748 e. The smallest absolute Gasteiger partial charge is 0.128 e. The van der Waals surface area contributed by atoms with E-state index in [1.165, 1.54) is 35.1 Å². The van der Waals surface area contributed by atoms with E-state index in [0.29, 0.717) is 6.26 Å². The van der Waals surface area contributed by atoms with E-state index in [1.807, 2.05) is 0 Å². The third-order valence-electron chi connectivity index (χ3n) is 2.62. The van der Waals surface area contributed by atoms with Crippen molar-refractivity contribution in [1.29, 1.82) is 0 Å². The molecule has 1 fully saturated rings. The van der Waals surface area contributed by atoms with Gasteiger partial charge < -0.3 is 13.5 Å². The number of nitrogens with zero attached hydrogens (tertiary/aromatic N) is 2. The van der Waals surface area contributed by atoms with Gasteiger partial charge in [0.2, 0.25) is 0 Å². The van der Waals surface area contributed by atoms with Gasteiger partial charge in [-0.05, 0) is 0 Å². The Hall–Kier alpha value is -0.170. The fraction of sp³-hybridized carbons (Fsp3) is 1.00. The minimum absolute atomic E-state index is 0.604. The zero-order valence-corrected chi connectivity index (χ0v) is 11.2. The molecule has 1 aliphatic rings. The van der Waals surface area contributed by atoms with Gasteiger partial charge in [0.15, 0.2) is 0 Å². The molecular formula is C9H23N2O3S+. The van der Waals surface area contributed by atoms with E-state index in [9.17, 15) is 0 Å². The minimum atomic E-state index is -3.92. The molecule has 92 valence electrons. The topological polar surface area (TPSA) is 57.2 Å². The molecule has 15 heavy (non-hydrogen) atoms. The normalized spacial score (nSPS) is 23.9. The average molecular weight is 239 g/mol. The fourth-order valence-corrected chi connectivity index (χ4v) is 1.31. The molecule has 0 radical (unpaired) electrons. The van der Waals surface area contributed by atoms with E-state index in [2.05, 4.69) is 28.2 Å². The lowest BCUT2D eigenvalue weighted by molar-refractivity contribution is -0.998. The van der Waals surface area contributed by atoms with Crippen molar-refractivity contribution in [3.05, 3.63) is 0 Å². The molecule has 0 unspecified atom stereocenters. The van der Waals surface area contributed by atoms with Crippen LogP contribution < -0.4 is 0 Å². The van der Waals surface area contributed by atoms with Crippen molar-refractivity contribution in [3.63, 3.8) is 0 Å². The maximum absolute atomic E-state index is 9.08. The number of hydrogen-bond acceptors (Lipinski definition) is 3. The quantitative estimate of drug-likeness (QED) is 0.415. The Balaban J connectivity index is 0.000000336. The van der Waals surface area contributed by atoms with E-state index >= 15 is 0 Å². The Morgan fingerprint density at radius 1 is 0.867 bits per heavy atom. The molecule has 1 aliphatic heterocycles. The van der Waals surface area contributed by atoms with Crippen molar-refractivity contribution in [2.24, 2.45) is 0 Å². The van der Waals surface area contributed by atoms with Crippen LogP contribution in [0.15, 0.2) is 0 Å². The Labute approximate surface area is 93.2 Å². The van der Waals surface area contributed by atoms with Gasteiger partial charge >= 0.3 is 0 Å². The van der Waals surface area contributed by atoms with Crippen LogP contribution in [0.3, 0.4) is 0 Å². The molecule has 0 aliphatic carbocycles. The molecule has 0 atom stereocenters. The summed E-state index contributed by atoms with van der Waals surface area (Å²) in [6.07, 6.45) is 0.604. The van der Waals surface area contributed by atoms with Crippen LogP contribution in [0.4, 0.5) is 0 Å². The van der Waals surface area contributed by atoms with Crippen molar-refractivity contribution >= 4 is 10.1 Å². The second-order valence-corrected chi connectivity index (χ2v) is 6.88. The highest BCUT2D eigenvalue weighted by Crippen LogP contribution is 2.09. The molecule has 0 N–H and O–H groups in total. The zero-order valence-electron chi connectivity index (χ0n) is 10.4. The van der Waals surface area contributed by atoms with Gasteiger partial charge in [-0.15, -0.1) is 0 Å². The molecule has 0 aromatic rings. The lowest BCUT2D eigenvalue weighted by Gasteiger charge is -2.42. The summed E-state index contributed by atoms with van der Waals surface area (Å²) in [4.78, 5) is 0. The van der Waals surface area contributed by atoms with Gasteiger partial charge in [-0.1, -0.05) is 0 Å². The highest BCUT2D eigenvalue weighted by atomic mass is 32.2. The van der Waals surface area contributed by atoms with Crippen molar-refractivity contribution in [1.82, 2.24) is 0 Å². The van der Waals surface area contributed by atoms with Crippen LogP contribution >= 0.6 is 0 Å². The first-order valence-corrected chi connectivity index (χ1v) is 6.78. The second kappa shape index (κ2) is 4.78. The molecule has 0 aromatic heterocycles. The molecule has 0 spiro atoms. The van der Waals surface area contributed by atoms with Gasteiger partial charge in [0.25, 0.3) is 0 Å². The molecule has 5 nitrogen and oxygen atoms in total. The Morgan fingerprint density at radius 3 is 1.13 bits per heavy atom. The first-order valence-electron chi connectivity index (χ1n) is 4.96. The van der Waals surface area contributed by atoms with Crippen LogP contribution in [0.25, 0.3) is 0 Å². The molecule has 0 amide bonds. The maximum atomic E-state index is 9.08. The molecule has 0 aromatic carbocycles. The summed E-state index contributed by atoms with van der Waals surface area (Å²) in [5.74, 6) is 0. The molecule has 1 saturated heterocycles. The number of hydrogen-bond donors (Lipinski definition) is 0. The van der Waals surface area contributed by atoms with Gasteiger partial charge in [-0.2, -0.15) is 0 Å². The predicted octanol–water partition coefficient (Wildman–Crippen LogP) is -0.686. The first-order chi connectivity index (χ1) is 6.41. The average Bonchev–Trinajstić information content (AvgIpc) is 1.94. The third kappa shape index (κ3) is 10.1.